The standard InChI is InChI=1S/C16H26N2/c1-3-16(13-17-15-9-10-15)18(2)12-11-14-7-5-4-6-8-14/h4-8,15-17H,3,9-13H2,1-2H3. The highest BCUT2D eigenvalue weighted by Crippen LogP contribution is 2.18. The zero-order valence-electron chi connectivity index (χ0n) is 11.7. The summed E-state index contributed by atoms with van der Waals surface area (Å²) in [4.78, 5) is 2.50. The van der Waals surface area contributed by atoms with Gasteiger partial charge in [0, 0.05) is 25.2 Å². The lowest BCUT2D eigenvalue weighted by molar-refractivity contribution is 0.231. The van der Waals surface area contributed by atoms with Crippen LogP contribution in [0.15, 0.2) is 30.3 Å². The first-order valence-electron chi connectivity index (χ1n) is 7.27. The summed E-state index contributed by atoms with van der Waals surface area (Å²) >= 11 is 0. The maximum Gasteiger partial charge on any atom is 0.0215 e. The molecule has 0 radical (unpaired) electrons. The lowest BCUT2D eigenvalue weighted by atomic mass is 10.1. The van der Waals surface area contributed by atoms with Crippen LogP contribution in [0.1, 0.15) is 31.7 Å². The third-order valence-corrected chi connectivity index (χ3v) is 3.91. The van der Waals surface area contributed by atoms with E-state index in [9.17, 15) is 0 Å². The Morgan fingerprint density at radius 2 is 2.00 bits per heavy atom. The molecule has 1 saturated carbocycles. The third-order valence-electron chi connectivity index (χ3n) is 3.91. The van der Waals surface area contributed by atoms with Crippen LogP contribution >= 0.6 is 0 Å². The van der Waals surface area contributed by atoms with Gasteiger partial charge in [0.2, 0.25) is 0 Å². The van der Waals surface area contributed by atoms with Gasteiger partial charge in [0.25, 0.3) is 0 Å². The van der Waals surface area contributed by atoms with E-state index in [0.717, 1.165) is 25.6 Å². The van der Waals surface area contributed by atoms with Crippen molar-refractivity contribution in [3.63, 3.8) is 0 Å². The number of rotatable bonds is 8. The van der Waals surface area contributed by atoms with Gasteiger partial charge in [0.05, 0.1) is 0 Å². The molecule has 18 heavy (non-hydrogen) atoms. The van der Waals surface area contributed by atoms with E-state index in [1.54, 1.807) is 0 Å². The van der Waals surface area contributed by atoms with Crippen LogP contribution in [0, 0.1) is 0 Å². The van der Waals surface area contributed by atoms with Crippen molar-refractivity contribution in [3.05, 3.63) is 35.9 Å². The third kappa shape index (κ3) is 4.43. The maximum atomic E-state index is 3.65. The van der Waals surface area contributed by atoms with Crippen LogP contribution in [0.2, 0.25) is 0 Å². The number of benzene rings is 1. The molecular weight excluding hydrogens is 220 g/mol. The lowest BCUT2D eigenvalue weighted by Crippen LogP contribution is -2.41. The fourth-order valence-corrected chi connectivity index (χ4v) is 2.33. The van der Waals surface area contributed by atoms with Crippen molar-refractivity contribution in [1.82, 2.24) is 10.2 Å². The molecule has 2 heteroatoms. The van der Waals surface area contributed by atoms with Crippen molar-refractivity contribution in [1.29, 1.82) is 0 Å². The number of likely N-dealkylation sites (N-methyl/N-ethyl adjacent to an activating group) is 1. The summed E-state index contributed by atoms with van der Waals surface area (Å²) in [7, 11) is 2.26. The van der Waals surface area contributed by atoms with Gasteiger partial charge in [-0.05, 0) is 38.3 Å². The molecule has 0 bridgehead atoms. The fourth-order valence-electron chi connectivity index (χ4n) is 2.33. The summed E-state index contributed by atoms with van der Waals surface area (Å²) in [6.45, 7) is 4.58. The van der Waals surface area contributed by atoms with Gasteiger partial charge in [0.1, 0.15) is 0 Å². The Hall–Kier alpha value is -0.860. The van der Waals surface area contributed by atoms with Crippen molar-refractivity contribution in [2.24, 2.45) is 0 Å². The summed E-state index contributed by atoms with van der Waals surface area (Å²) in [6, 6.07) is 12.3. The number of nitrogens with zero attached hydrogens (tertiary/aromatic N) is 1. The van der Waals surface area contributed by atoms with Crippen LogP contribution in [-0.2, 0) is 6.42 Å². The second-order valence-corrected chi connectivity index (χ2v) is 5.46. The molecule has 1 atom stereocenters. The topological polar surface area (TPSA) is 15.3 Å². The molecule has 1 aromatic rings. The average Bonchev–Trinajstić information content (AvgIpc) is 3.22. The number of hydrogen-bond donors (Lipinski definition) is 1. The van der Waals surface area contributed by atoms with Crippen molar-refractivity contribution >= 4 is 0 Å². The molecule has 1 aliphatic rings. The van der Waals surface area contributed by atoms with E-state index >= 15 is 0 Å². The lowest BCUT2D eigenvalue weighted by Gasteiger charge is -2.27. The van der Waals surface area contributed by atoms with Crippen LogP contribution in [0.3, 0.4) is 0 Å². The molecule has 0 saturated heterocycles. The smallest absolute Gasteiger partial charge is 0.0215 e. The van der Waals surface area contributed by atoms with Crippen molar-refractivity contribution < 1.29 is 0 Å². The molecule has 0 aromatic heterocycles. The van der Waals surface area contributed by atoms with Crippen molar-refractivity contribution in [3.8, 4) is 0 Å². The van der Waals surface area contributed by atoms with Gasteiger partial charge >= 0.3 is 0 Å². The highest BCUT2D eigenvalue weighted by atomic mass is 15.1. The maximum absolute atomic E-state index is 3.65. The first kappa shape index (κ1) is 13.6. The van der Waals surface area contributed by atoms with E-state index in [2.05, 4.69) is 54.5 Å². The predicted molar refractivity (Wildman–Crippen MR) is 77.9 cm³/mol. The van der Waals surface area contributed by atoms with Crippen molar-refractivity contribution in [2.75, 3.05) is 20.1 Å². The zero-order valence-corrected chi connectivity index (χ0v) is 11.7. The Morgan fingerprint density at radius 1 is 1.28 bits per heavy atom. The van der Waals surface area contributed by atoms with Gasteiger partial charge in [-0.1, -0.05) is 37.3 Å². The van der Waals surface area contributed by atoms with E-state index in [1.165, 1.54) is 24.8 Å². The van der Waals surface area contributed by atoms with E-state index in [0.29, 0.717) is 6.04 Å². The second kappa shape index (κ2) is 6.91. The monoisotopic (exact) mass is 246 g/mol. The molecule has 1 fully saturated rings. The average molecular weight is 246 g/mol. The normalized spacial score (nSPS) is 17.1. The SMILES string of the molecule is CCC(CNC1CC1)N(C)CCc1ccccc1. The Labute approximate surface area is 111 Å². The Bertz CT molecular complexity index is 332. The highest BCUT2D eigenvalue weighted by Gasteiger charge is 2.22. The van der Waals surface area contributed by atoms with Crippen molar-refractivity contribution in [2.45, 2.75) is 44.7 Å². The molecule has 0 aliphatic heterocycles. The molecule has 1 aliphatic carbocycles. The zero-order chi connectivity index (χ0) is 12.8. The first-order chi connectivity index (χ1) is 8.79. The molecule has 0 spiro atoms. The molecule has 2 rings (SSSR count). The Morgan fingerprint density at radius 3 is 2.61 bits per heavy atom. The predicted octanol–water partition coefficient (Wildman–Crippen LogP) is 2.69. The van der Waals surface area contributed by atoms with Crippen LogP contribution in [0.5, 0.6) is 0 Å². The summed E-state index contributed by atoms with van der Waals surface area (Å²) in [5, 5.41) is 3.65. The fraction of sp³-hybridized carbons (Fsp3) is 0.625. The summed E-state index contributed by atoms with van der Waals surface area (Å²) in [6.07, 6.45) is 5.14. The van der Waals surface area contributed by atoms with Gasteiger partial charge in [-0.15, -0.1) is 0 Å². The van der Waals surface area contributed by atoms with E-state index in [1.807, 2.05) is 0 Å². The van der Waals surface area contributed by atoms with Crippen LogP contribution in [0.25, 0.3) is 0 Å². The molecule has 0 amide bonds. The highest BCUT2D eigenvalue weighted by molar-refractivity contribution is 5.14. The van der Waals surface area contributed by atoms with Gasteiger partial charge in [-0.25, -0.2) is 0 Å². The number of hydrogen-bond acceptors (Lipinski definition) is 2. The molecule has 1 unspecified atom stereocenters. The molecule has 0 heterocycles. The molecule has 1 aromatic carbocycles. The molecule has 1 N–H and O–H groups in total. The van der Waals surface area contributed by atoms with E-state index in [4.69, 9.17) is 0 Å². The summed E-state index contributed by atoms with van der Waals surface area (Å²) in [5.41, 5.74) is 1.44. The molecular formula is C16H26N2. The van der Waals surface area contributed by atoms with Crippen LogP contribution < -0.4 is 5.32 Å². The summed E-state index contributed by atoms with van der Waals surface area (Å²) < 4.78 is 0. The minimum absolute atomic E-state index is 0.675. The minimum Gasteiger partial charge on any atom is -0.312 e. The summed E-state index contributed by atoms with van der Waals surface area (Å²) in [5.74, 6) is 0. The van der Waals surface area contributed by atoms with Gasteiger partial charge in [0.15, 0.2) is 0 Å². The molecule has 2 nitrogen and oxygen atoms in total. The van der Waals surface area contributed by atoms with Gasteiger partial charge in [-0.2, -0.15) is 0 Å². The quantitative estimate of drug-likeness (QED) is 0.758. The molecule has 100 valence electrons. The van der Waals surface area contributed by atoms with E-state index < -0.39 is 0 Å². The minimum atomic E-state index is 0.675. The first-order valence-corrected chi connectivity index (χ1v) is 7.27. The van der Waals surface area contributed by atoms with E-state index in [-0.39, 0.29) is 0 Å². The van der Waals surface area contributed by atoms with Crippen LogP contribution in [0.4, 0.5) is 0 Å². The Kier molecular flexibility index (Phi) is 5.21. The second-order valence-electron chi connectivity index (χ2n) is 5.46. The Balaban J connectivity index is 1.72. The van der Waals surface area contributed by atoms with Crippen LogP contribution in [-0.4, -0.2) is 37.1 Å². The largest absolute Gasteiger partial charge is 0.312 e. The van der Waals surface area contributed by atoms with Gasteiger partial charge in [-0.3, -0.25) is 0 Å². The van der Waals surface area contributed by atoms with Gasteiger partial charge < -0.3 is 10.2 Å². The number of nitrogens with one attached hydrogen (secondary N) is 1.